The van der Waals surface area contributed by atoms with Gasteiger partial charge in [-0.1, -0.05) is 157 Å². The first-order valence-corrected chi connectivity index (χ1v) is 20.9. The van der Waals surface area contributed by atoms with E-state index in [9.17, 15) is 10.5 Å². The molecule has 0 bridgehead atoms. The van der Waals surface area contributed by atoms with Crippen molar-refractivity contribution in [1.82, 2.24) is 19.5 Å². The standard InChI is InChI=1S/C54H30N6S/c55-31-35-30-46(36(32-56)29-39(35)53-58-51(33-15-3-1-4-16-33)57-52(59-53)34-17-5-2-6-18-34)60-44-24-12-8-20-38(44)50-45(60)28-27-43-49(50)37-19-7-9-21-40(37)54(43)41-22-10-13-25-47(41)61-48-26-14-11-23-42(48)54/h1-30H. The van der Waals surface area contributed by atoms with Gasteiger partial charge in [0.15, 0.2) is 17.5 Å². The molecule has 282 valence electrons. The van der Waals surface area contributed by atoms with Crippen molar-refractivity contribution in [3.63, 3.8) is 0 Å². The lowest BCUT2D eigenvalue weighted by atomic mass is 9.67. The molecule has 0 unspecified atom stereocenters. The molecule has 6 nitrogen and oxygen atoms in total. The van der Waals surface area contributed by atoms with Crippen LogP contribution in [0.2, 0.25) is 0 Å². The lowest BCUT2D eigenvalue weighted by Crippen LogP contribution is -2.31. The molecule has 1 aliphatic heterocycles. The summed E-state index contributed by atoms with van der Waals surface area (Å²) in [5, 5.41) is 24.1. The van der Waals surface area contributed by atoms with Crippen molar-refractivity contribution in [2.24, 2.45) is 0 Å². The average molecular weight is 795 g/mol. The molecule has 0 N–H and O–H groups in total. The minimum atomic E-state index is -0.531. The molecular formula is C54H30N6S. The van der Waals surface area contributed by atoms with Gasteiger partial charge in [-0.3, -0.25) is 0 Å². The number of nitrogens with zero attached hydrogens (tertiary/aromatic N) is 6. The van der Waals surface area contributed by atoms with E-state index in [1.165, 1.54) is 43.2 Å². The summed E-state index contributed by atoms with van der Waals surface area (Å²) in [6.07, 6.45) is 0. The number of nitriles is 2. The van der Waals surface area contributed by atoms with E-state index in [1.54, 1.807) is 6.07 Å². The monoisotopic (exact) mass is 794 g/mol. The second-order valence-corrected chi connectivity index (χ2v) is 16.4. The Morgan fingerprint density at radius 2 is 1.02 bits per heavy atom. The highest BCUT2D eigenvalue weighted by atomic mass is 32.2. The first-order valence-electron chi connectivity index (χ1n) is 20.1. The van der Waals surface area contributed by atoms with E-state index >= 15 is 0 Å². The Bertz CT molecular complexity index is 3440. The minimum Gasteiger partial charge on any atom is -0.308 e. The number of aromatic nitrogens is 4. The van der Waals surface area contributed by atoms with Crippen LogP contribution in [0.3, 0.4) is 0 Å². The molecule has 0 atom stereocenters. The molecule has 10 aromatic rings. The number of hydrogen-bond donors (Lipinski definition) is 0. The predicted molar refractivity (Wildman–Crippen MR) is 241 cm³/mol. The van der Waals surface area contributed by atoms with Crippen molar-refractivity contribution in [3.8, 4) is 63.1 Å². The number of benzene rings is 8. The molecule has 2 aromatic heterocycles. The van der Waals surface area contributed by atoms with Crippen molar-refractivity contribution in [3.05, 3.63) is 215 Å². The van der Waals surface area contributed by atoms with E-state index < -0.39 is 5.41 Å². The Balaban J connectivity index is 1.13. The summed E-state index contributed by atoms with van der Waals surface area (Å²) in [6, 6.07) is 67.4. The zero-order valence-electron chi connectivity index (χ0n) is 32.4. The highest BCUT2D eigenvalue weighted by molar-refractivity contribution is 7.99. The molecule has 0 fully saturated rings. The van der Waals surface area contributed by atoms with Crippen LogP contribution < -0.4 is 0 Å². The number of rotatable bonds is 4. The zero-order chi connectivity index (χ0) is 40.7. The van der Waals surface area contributed by atoms with Crippen LogP contribution in [0.1, 0.15) is 33.4 Å². The van der Waals surface area contributed by atoms with Gasteiger partial charge in [0.1, 0.15) is 6.07 Å². The average Bonchev–Trinajstić information content (AvgIpc) is 3.82. The first-order chi connectivity index (χ1) is 30.2. The molecule has 0 saturated carbocycles. The summed E-state index contributed by atoms with van der Waals surface area (Å²) in [6.45, 7) is 0. The van der Waals surface area contributed by atoms with E-state index in [1.807, 2.05) is 84.6 Å². The molecule has 2 aliphatic rings. The Labute approximate surface area is 355 Å². The van der Waals surface area contributed by atoms with Gasteiger partial charge in [0.25, 0.3) is 0 Å². The highest BCUT2D eigenvalue weighted by Crippen LogP contribution is 2.63. The van der Waals surface area contributed by atoms with Crippen LogP contribution in [0.5, 0.6) is 0 Å². The van der Waals surface area contributed by atoms with Gasteiger partial charge >= 0.3 is 0 Å². The lowest BCUT2D eigenvalue weighted by molar-refractivity contribution is 0.723. The molecule has 3 heterocycles. The summed E-state index contributed by atoms with van der Waals surface area (Å²) in [7, 11) is 0. The Hall–Kier alpha value is -8.10. The smallest absolute Gasteiger partial charge is 0.165 e. The van der Waals surface area contributed by atoms with Gasteiger partial charge in [0.05, 0.1) is 39.3 Å². The Morgan fingerprint density at radius 1 is 0.459 bits per heavy atom. The maximum absolute atomic E-state index is 11.0. The zero-order valence-corrected chi connectivity index (χ0v) is 33.2. The predicted octanol–water partition coefficient (Wildman–Crippen LogP) is 12.5. The quantitative estimate of drug-likeness (QED) is 0.176. The third-order valence-electron chi connectivity index (χ3n) is 12.2. The summed E-state index contributed by atoms with van der Waals surface area (Å²) in [5.74, 6) is 1.28. The SMILES string of the molecule is N#Cc1cc(-n2c3ccccc3c3c4c(ccc32)C2(c3ccccc3Sc3ccccc32)c2ccccc2-4)c(C#N)cc1-c1nc(-c2ccccc2)nc(-c2ccccc2)n1. The molecule has 0 radical (unpaired) electrons. The van der Waals surface area contributed by atoms with Crippen LogP contribution in [0.15, 0.2) is 192 Å². The van der Waals surface area contributed by atoms with Crippen molar-refractivity contribution < 1.29 is 0 Å². The van der Waals surface area contributed by atoms with E-state index in [4.69, 9.17) is 15.0 Å². The van der Waals surface area contributed by atoms with Gasteiger partial charge in [-0.05, 0) is 69.8 Å². The van der Waals surface area contributed by atoms with Crippen LogP contribution in [0.4, 0.5) is 0 Å². The molecule has 7 heteroatoms. The van der Waals surface area contributed by atoms with Crippen molar-refractivity contribution in [1.29, 1.82) is 10.5 Å². The van der Waals surface area contributed by atoms with Gasteiger partial charge in [-0.25, -0.2) is 15.0 Å². The maximum atomic E-state index is 11.0. The second kappa shape index (κ2) is 13.5. The Kier molecular flexibility index (Phi) is 7.71. The third-order valence-corrected chi connectivity index (χ3v) is 13.4. The summed E-state index contributed by atoms with van der Waals surface area (Å²) in [5.41, 5.74) is 12.2. The maximum Gasteiger partial charge on any atom is 0.165 e. The van der Waals surface area contributed by atoms with Crippen molar-refractivity contribution >= 4 is 33.6 Å². The topological polar surface area (TPSA) is 91.2 Å². The summed E-state index contributed by atoms with van der Waals surface area (Å²) >= 11 is 1.83. The third kappa shape index (κ3) is 4.99. The van der Waals surface area contributed by atoms with Gasteiger partial charge < -0.3 is 4.57 Å². The molecule has 8 aromatic carbocycles. The molecule has 0 amide bonds. The van der Waals surface area contributed by atoms with Gasteiger partial charge in [0.2, 0.25) is 0 Å². The van der Waals surface area contributed by atoms with Crippen molar-refractivity contribution in [2.75, 3.05) is 0 Å². The molecule has 12 rings (SSSR count). The second-order valence-electron chi connectivity index (χ2n) is 15.3. The number of para-hydroxylation sites is 1. The van der Waals surface area contributed by atoms with E-state index in [0.717, 1.165) is 32.9 Å². The normalized spacial score (nSPS) is 13.0. The van der Waals surface area contributed by atoms with E-state index in [2.05, 4.69) is 120 Å². The summed E-state index contributed by atoms with van der Waals surface area (Å²) in [4.78, 5) is 17.2. The molecule has 0 saturated heterocycles. The fraction of sp³-hybridized carbons (Fsp3) is 0.0185. The molecule has 1 aliphatic carbocycles. The van der Waals surface area contributed by atoms with Gasteiger partial charge in [-0.2, -0.15) is 10.5 Å². The van der Waals surface area contributed by atoms with Crippen LogP contribution in [0.25, 0.3) is 72.8 Å². The van der Waals surface area contributed by atoms with Crippen LogP contribution >= 0.6 is 11.8 Å². The van der Waals surface area contributed by atoms with Crippen LogP contribution in [-0.4, -0.2) is 19.5 Å². The minimum absolute atomic E-state index is 0.320. The fourth-order valence-corrected chi connectivity index (χ4v) is 10.9. The largest absolute Gasteiger partial charge is 0.308 e. The van der Waals surface area contributed by atoms with E-state index in [0.29, 0.717) is 39.9 Å². The number of fused-ring (bicyclic) bond motifs is 13. The van der Waals surface area contributed by atoms with E-state index in [-0.39, 0.29) is 0 Å². The summed E-state index contributed by atoms with van der Waals surface area (Å²) < 4.78 is 2.15. The fourth-order valence-electron chi connectivity index (χ4n) is 9.73. The molecular weight excluding hydrogens is 765 g/mol. The van der Waals surface area contributed by atoms with Crippen LogP contribution in [0, 0.1) is 22.7 Å². The first kappa shape index (κ1) is 34.9. The van der Waals surface area contributed by atoms with Crippen molar-refractivity contribution in [2.45, 2.75) is 15.2 Å². The highest BCUT2D eigenvalue weighted by Gasteiger charge is 2.50. The number of hydrogen-bond acceptors (Lipinski definition) is 6. The van der Waals surface area contributed by atoms with Gasteiger partial charge in [-0.15, -0.1) is 0 Å². The lowest BCUT2D eigenvalue weighted by Gasteiger charge is -2.39. The molecule has 61 heavy (non-hydrogen) atoms. The van der Waals surface area contributed by atoms with Gasteiger partial charge in [0, 0.05) is 37.3 Å². The molecule has 1 spiro atoms. The Morgan fingerprint density at radius 3 is 1.67 bits per heavy atom. The van der Waals surface area contributed by atoms with Crippen LogP contribution in [-0.2, 0) is 5.41 Å².